The van der Waals surface area contributed by atoms with E-state index in [1.165, 1.54) is 30.3 Å². The summed E-state index contributed by atoms with van der Waals surface area (Å²) >= 11 is 4.62. The number of anilines is 2. The predicted octanol–water partition coefficient (Wildman–Crippen LogP) is 2.61. The molecule has 29 heavy (non-hydrogen) atoms. The molecular weight excluding hydrogens is 393 g/mol. The van der Waals surface area contributed by atoms with Gasteiger partial charge in [0.1, 0.15) is 23.1 Å². The summed E-state index contributed by atoms with van der Waals surface area (Å²) < 4.78 is 14.5. The number of carbonyl (C=O) groups is 2. The van der Waals surface area contributed by atoms with Gasteiger partial charge in [-0.1, -0.05) is 0 Å². The average molecular weight is 413 g/mol. The minimum Gasteiger partial charge on any atom is -0.355 e. The number of carbonyl (C=O) groups excluding carboxylic acids is 2. The van der Waals surface area contributed by atoms with Crippen LogP contribution < -0.4 is 15.1 Å². The number of nitriles is 1. The first kappa shape index (κ1) is 20.6. The first-order valence-electron chi connectivity index (χ1n) is 8.83. The van der Waals surface area contributed by atoms with E-state index in [1.807, 2.05) is 6.07 Å². The zero-order valence-corrected chi connectivity index (χ0v) is 17.3. The Morgan fingerprint density at radius 3 is 2.59 bits per heavy atom. The first-order chi connectivity index (χ1) is 13.6. The smallest absolute Gasteiger partial charge is 0.254 e. The van der Waals surface area contributed by atoms with Crippen molar-refractivity contribution >= 4 is 35.8 Å². The summed E-state index contributed by atoms with van der Waals surface area (Å²) in [7, 11) is 1.42. The second-order valence-corrected chi connectivity index (χ2v) is 7.63. The normalized spacial score (nSPS) is 18.0. The van der Waals surface area contributed by atoms with Gasteiger partial charge in [0.05, 0.1) is 17.4 Å². The van der Waals surface area contributed by atoms with Crippen molar-refractivity contribution in [2.45, 2.75) is 31.8 Å². The molecule has 2 aromatic rings. The van der Waals surface area contributed by atoms with Crippen LogP contribution in [0.3, 0.4) is 0 Å². The largest absolute Gasteiger partial charge is 0.355 e. The minimum absolute atomic E-state index is 0.0842. The van der Waals surface area contributed by atoms with Gasteiger partial charge in [-0.25, -0.2) is 9.37 Å². The van der Waals surface area contributed by atoms with Gasteiger partial charge in [0.25, 0.3) is 11.8 Å². The molecular formula is C20H20FN5O2S. The molecule has 0 spiro atoms. The summed E-state index contributed by atoms with van der Waals surface area (Å²) in [6, 6.07) is 7.86. The van der Waals surface area contributed by atoms with Crippen LogP contribution >= 0.6 is 12.6 Å². The predicted molar refractivity (Wildman–Crippen MR) is 110 cm³/mol. The van der Waals surface area contributed by atoms with Gasteiger partial charge in [0.2, 0.25) is 0 Å². The molecule has 1 N–H and O–H groups in total. The number of hydrogen-bond acceptors (Lipinski definition) is 6. The number of hydrogen-bond donors (Lipinski definition) is 2. The molecule has 0 saturated carbocycles. The highest BCUT2D eigenvalue weighted by Crippen LogP contribution is 2.40. The quantitative estimate of drug-likeness (QED) is 0.755. The summed E-state index contributed by atoms with van der Waals surface area (Å²) in [6.07, 6.45) is 1.45. The molecule has 1 atom stereocenters. The maximum atomic E-state index is 14.5. The maximum absolute atomic E-state index is 14.5. The number of aryl methyl sites for hydroxylation is 1. The van der Waals surface area contributed by atoms with Crippen LogP contribution in [0.4, 0.5) is 15.8 Å². The van der Waals surface area contributed by atoms with Crippen LogP contribution in [0, 0.1) is 24.1 Å². The van der Waals surface area contributed by atoms with Gasteiger partial charge in [0.15, 0.2) is 5.50 Å². The summed E-state index contributed by atoms with van der Waals surface area (Å²) in [4.78, 5) is 32.2. The number of nitrogens with one attached hydrogen (secondary N) is 1. The van der Waals surface area contributed by atoms with Gasteiger partial charge >= 0.3 is 0 Å². The number of thiol groups is 1. The van der Waals surface area contributed by atoms with E-state index < -0.39 is 22.8 Å². The van der Waals surface area contributed by atoms with Gasteiger partial charge in [0, 0.05) is 12.7 Å². The van der Waals surface area contributed by atoms with Crippen LogP contribution in [0.15, 0.2) is 30.5 Å². The number of nitrogens with zero attached hydrogens (tertiary/aromatic N) is 4. The Morgan fingerprint density at radius 2 is 2.03 bits per heavy atom. The highest BCUT2D eigenvalue weighted by Gasteiger charge is 2.51. The number of rotatable bonds is 3. The van der Waals surface area contributed by atoms with Gasteiger partial charge in [-0.05, 0) is 50.6 Å². The molecule has 150 valence electrons. The maximum Gasteiger partial charge on any atom is 0.254 e. The van der Waals surface area contributed by atoms with E-state index >= 15 is 0 Å². The topological polar surface area (TPSA) is 89.3 Å². The van der Waals surface area contributed by atoms with Gasteiger partial charge in [-0.15, -0.1) is 12.6 Å². The molecule has 1 aromatic heterocycles. The van der Waals surface area contributed by atoms with Crippen molar-refractivity contribution in [3.8, 4) is 6.07 Å². The molecule has 2 amide bonds. The minimum atomic E-state index is -1.03. The van der Waals surface area contributed by atoms with Gasteiger partial charge in [-0.3, -0.25) is 14.5 Å². The highest BCUT2D eigenvalue weighted by molar-refractivity contribution is 7.81. The van der Waals surface area contributed by atoms with E-state index in [2.05, 4.69) is 22.9 Å². The van der Waals surface area contributed by atoms with Crippen LogP contribution in [0.25, 0.3) is 0 Å². The number of pyridine rings is 1. The molecule has 1 aliphatic rings. The lowest BCUT2D eigenvalue weighted by molar-refractivity contribution is -0.120. The number of amides is 2. The van der Waals surface area contributed by atoms with Crippen molar-refractivity contribution < 1.29 is 14.0 Å². The molecule has 3 rings (SSSR count). The van der Waals surface area contributed by atoms with Crippen molar-refractivity contribution in [2.75, 3.05) is 16.8 Å². The molecule has 1 unspecified atom stereocenters. The van der Waals surface area contributed by atoms with E-state index in [9.17, 15) is 14.0 Å². The SMILES string of the molecule is CNC(=O)c1ccc(N2C(S)N(c3cnc(C#N)c(C)c3)C(=O)C2(C)C)cc1F. The van der Waals surface area contributed by atoms with E-state index in [1.54, 1.807) is 37.8 Å². The first-order valence-corrected chi connectivity index (χ1v) is 9.34. The summed E-state index contributed by atoms with van der Waals surface area (Å²) in [5.41, 5.74) is -0.0423. The van der Waals surface area contributed by atoms with Crippen molar-refractivity contribution in [3.63, 3.8) is 0 Å². The average Bonchev–Trinajstić information content (AvgIpc) is 2.85. The molecule has 7 nitrogen and oxygen atoms in total. The van der Waals surface area contributed by atoms with Crippen molar-refractivity contribution in [1.82, 2.24) is 10.3 Å². The Labute approximate surface area is 173 Å². The van der Waals surface area contributed by atoms with Crippen LogP contribution in [0.1, 0.15) is 35.5 Å². The third-order valence-electron chi connectivity index (χ3n) is 4.96. The third kappa shape index (κ3) is 3.29. The fourth-order valence-electron chi connectivity index (χ4n) is 3.39. The number of halogens is 1. The molecule has 0 radical (unpaired) electrons. The van der Waals surface area contributed by atoms with E-state index in [4.69, 9.17) is 5.26 Å². The molecule has 1 fully saturated rings. The number of benzene rings is 1. The molecule has 2 heterocycles. The zero-order chi connectivity index (χ0) is 21.5. The van der Waals surface area contributed by atoms with Crippen molar-refractivity contribution in [1.29, 1.82) is 5.26 Å². The molecule has 9 heteroatoms. The Bertz CT molecular complexity index is 1050. The Hall–Kier alpha value is -3.12. The van der Waals surface area contributed by atoms with E-state index in [0.717, 1.165) is 0 Å². The van der Waals surface area contributed by atoms with Crippen LogP contribution in [0.2, 0.25) is 0 Å². The van der Waals surface area contributed by atoms with Gasteiger partial charge in [-0.2, -0.15) is 5.26 Å². The second-order valence-electron chi connectivity index (χ2n) is 7.16. The second kappa shape index (κ2) is 7.37. The van der Waals surface area contributed by atoms with E-state index in [-0.39, 0.29) is 17.2 Å². The summed E-state index contributed by atoms with van der Waals surface area (Å²) in [5, 5.41) is 11.5. The number of aromatic nitrogens is 1. The van der Waals surface area contributed by atoms with Crippen LogP contribution in [-0.4, -0.2) is 34.9 Å². The zero-order valence-electron chi connectivity index (χ0n) is 16.4. The van der Waals surface area contributed by atoms with E-state index in [0.29, 0.717) is 16.9 Å². The molecule has 0 aliphatic carbocycles. The molecule has 0 bridgehead atoms. The van der Waals surface area contributed by atoms with Crippen molar-refractivity contribution in [3.05, 3.63) is 53.1 Å². The fourth-order valence-corrected chi connectivity index (χ4v) is 4.06. The Morgan fingerprint density at radius 1 is 1.34 bits per heavy atom. The lowest BCUT2D eigenvalue weighted by Gasteiger charge is -2.33. The van der Waals surface area contributed by atoms with Crippen LogP contribution in [0.5, 0.6) is 0 Å². The van der Waals surface area contributed by atoms with Gasteiger partial charge < -0.3 is 10.2 Å². The van der Waals surface area contributed by atoms with Crippen LogP contribution in [-0.2, 0) is 4.79 Å². The lowest BCUT2D eigenvalue weighted by atomic mass is 10.0. The summed E-state index contributed by atoms with van der Waals surface area (Å²) in [6.45, 7) is 5.17. The highest BCUT2D eigenvalue weighted by atomic mass is 32.1. The Balaban J connectivity index is 2.04. The Kier molecular flexibility index (Phi) is 5.24. The van der Waals surface area contributed by atoms with Crippen molar-refractivity contribution in [2.24, 2.45) is 0 Å². The third-order valence-corrected chi connectivity index (χ3v) is 5.42. The fraction of sp³-hybridized carbons (Fsp3) is 0.300. The molecule has 1 aromatic carbocycles. The molecule has 1 aliphatic heterocycles. The summed E-state index contributed by atoms with van der Waals surface area (Å²) in [5.74, 6) is -1.48. The lowest BCUT2D eigenvalue weighted by Crippen LogP contribution is -2.45. The standard InChI is InChI=1S/C20H20FN5O2S/c1-11-7-13(10-24-16(11)9-22)25-18(28)20(2,3)26(19(25)29)12-5-6-14(15(21)8-12)17(27)23-4/h5-8,10,19,29H,1-4H3,(H,23,27). The monoisotopic (exact) mass is 413 g/mol. The molecule has 1 saturated heterocycles.